The highest BCUT2D eigenvalue weighted by molar-refractivity contribution is 6.31. The Bertz CT molecular complexity index is 430. The molecule has 1 aromatic carbocycles. The van der Waals surface area contributed by atoms with Gasteiger partial charge in [0.25, 0.3) is 0 Å². The van der Waals surface area contributed by atoms with Gasteiger partial charge in [-0.25, -0.2) is 4.39 Å². The predicted octanol–water partition coefficient (Wildman–Crippen LogP) is 4.07. The van der Waals surface area contributed by atoms with Crippen molar-refractivity contribution in [1.82, 2.24) is 5.43 Å². The van der Waals surface area contributed by atoms with Gasteiger partial charge in [0, 0.05) is 6.04 Å². The van der Waals surface area contributed by atoms with Gasteiger partial charge in [-0.3, -0.25) is 11.3 Å². The molecule has 112 valence electrons. The maximum atomic E-state index is 13.5. The predicted molar refractivity (Wildman–Crippen MR) is 82.0 cm³/mol. The van der Waals surface area contributed by atoms with Crippen LogP contribution >= 0.6 is 11.6 Å². The van der Waals surface area contributed by atoms with E-state index in [9.17, 15) is 4.39 Å². The van der Waals surface area contributed by atoms with Gasteiger partial charge in [0.05, 0.1) is 5.02 Å². The maximum Gasteiger partial charge on any atom is 0.142 e. The monoisotopic (exact) mass is 298 g/mol. The van der Waals surface area contributed by atoms with E-state index in [1.807, 2.05) is 6.07 Å². The highest BCUT2D eigenvalue weighted by Crippen LogP contribution is 2.34. The Morgan fingerprint density at radius 1 is 1.35 bits per heavy atom. The standard InChI is InChI=1S/C16H24ClFN2/c1-2-11-6-8-12(9-7-11)15(20-19)10-13-4-3-5-14(18)16(13)17/h3-5,11-12,15,20H,2,6-10,19H2,1H3. The van der Waals surface area contributed by atoms with Crippen molar-refractivity contribution in [3.8, 4) is 0 Å². The average Bonchev–Trinajstić information content (AvgIpc) is 2.49. The summed E-state index contributed by atoms with van der Waals surface area (Å²) in [6.45, 7) is 2.26. The summed E-state index contributed by atoms with van der Waals surface area (Å²) in [4.78, 5) is 0. The topological polar surface area (TPSA) is 38.0 Å². The normalized spacial score (nSPS) is 24.6. The van der Waals surface area contributed by atoms with Gasteiger partial charge in [-0.15, -0.1) is 0 Å². The van der Waals surface area contributed by atoms with E-state index < -0.39 is 0 Å². The van der Waals surface area contributed by atoms with Crippen molar-refractivity contribution in [2.75, 3.05) is 0 Å². The zero-order chi connectivity index (χ0) is 14.5. The molecule has 1 aliphatic carbocycles. The zero-order valence-corrected chi connectivity index (χ0v) is 12.8. The minimum Gasteiger partial charge on any atom is -0.271 e. The van der Waals surface area contributed by atoms with Gasteiger partial charge < -0.3 is 0 Å². The zero-order valence-electron chi connectivity index (χ0n) is 12.0. The summed E-state index contributed by atoms with van der Waals surface area (Å²) in [6.07, 6.45) is 6.89. The molecule has 0 aliphatic heterocycles. The summed E-state index contributed by atoms with van der Waals surface area (Å²) in [5.41, 5.74) is 3.76. The van der Waals surface area contributed by atoms with Gasteiger partial charge in [0.1, 0.15) is 5.82 Å². The number of benzene rings is 1. The molecule has 2 rings (SSSR count). The molecule has 20 heavy (non-hydrogen) atoms. The summed E-state index contributed by atoms with van der Waals surface area (Å²) < 4.78 is 13.5. The van der Waals surface area contributed by atoms with Gasteiger partial charge in [0.2, 0.25) is 0 Å². The van der Waals surface area contributed by atoms with Crippen LogP contribution in [0.3, 0.4) is 0 Å². The lowest BCUT2D eigenvalue weighted by atomic mass is 9.76. The maximum absolute atomic E-state index is 13.5. The highest BCUT2D eigenvalue weighted by Gasteiger charge is 2.27. The molecule has 1 aromatic rings. The van der Waals surface area contributed by atoms with Crippen LogP contribution in [0.5, 0.6) is 0 Å². The molecule has 0 radical (unpaired) electrons. The number of nitrogens with one attached hydrogen (secondary N) is 1. The number of halogens is 2. The lowest BCUT2D eigenvalue weighted by Gasteiger charge is -2.33. The summed E-state index contributed by atoms with van der Waals surface area (Å²) in [7, 11) is 0. The van der Waals surface area contributed by atoms with Crippen LogP contribution in [0, 0.1) is 17.7 Å². The molecule has 0 bridgehead atoms. The lowest BCUT2D eigenvalue weighted by molar-refractivity contribution is 0.217. The minimum atomic E-state index is -0.352. The number of hydrogen-bond donors (Lipinski definition) is 2. The fourth-order valence-corrected chi connectivity index (χ4v) is 3.51. The van der Waals surface area contributed by atoms with E-state index in [-0.39, 0.29) is 16.9 Å². The summed E-state index contributed by atoms with van der Waals surface area (Å²) >= 11 is 6.04. The van der Waals surface area contributed by atoms with Gasteiger partial charge in [-0.1, -0.05) is 49.9 Å². The largest absolute Gasteiger partial charge is 0.271 e. The van der Waals surface area contributed by atoms with Crippen LogP contribution in [0.4, 0.5) is 4.39 Å². The third-order valence-corrected chi connectivity index (χ3v) is 5.15. The summed E-state index contributed by atoms with van der Waals surface area (Å²) in [5, 5.41) is 0.231. The SMILES string of the molecule is CCC1CCC(C(Cc2cccc(F)c2Cl)NN)CC1. The van der Waals surface area contributed by atoms with Crippen LogP contribution in [0.1, 0.15) is 44.6 Å². The molecule has 1 aliphatic rings. The molecule has 1 saturated carbocycles. The Hall–Kier alpha value is -0.640. The second-order valence-electron chi connectivity index (χ2n) is 5.88. The summed E-state index contributed by atoms with van der Waals surface area (Å²) in [6, 6.07) is 5.15. The van der Waals surface area contributed by atoms with E-state index >= 15 is 0 Å². The van der Waals surface area contributed by atoms with E-state index in [1.54, 1.807) is 6.07 Å². The molecule has 0 heterocycles. The second-order valence-corrected chi connectivity index (χ2v) is 6.26. The van der Waals surface area contributed by atoms with Crippen molar-refractivity contribution >= 4 is 11.6 Å². The van der Waals surface area contributed by atoms with Gasteiger partial charge in [-0.05, 0) is 42.7 Å². The molecule has 4 heteroatoms. The van der Waals surface area contributed by atoms with Gasteiger partial charge in [-0.2, -0.15) is 0 Å². The van der Waals surface area contributed by atoms with Crippen LogP contribution in [0.25, 0.3) is 0 Å². The molecular formula is C16H24ClFN2. The quantitative estimate of drug-likeness (QED) is 0.635. The van der Waals surface area contributed by atoms with Crippen LogP contribution in [-0.4, -0.2) is 6.04 Å². The molecule has 0 spiro atoms. The lowest BCUT2D eigenvalue weighted by Crippen LogP contribution is -2.43. The van der Waals surface area contributed by atoms with Crippen molar-refractivity contribution in [2.24, 2.45) is 17.7 Å². The van der Waals surface area contributed by atoms with Crippen LogP contribution in [-0.2, 0) is 6.42 Å². The molecule has 1 atom stereocenters. The van der Waals surface area contributed by atoms with Crippen molar-refractivity contribution in [3.63, 3.8) is 0 Å². The van der Waals surface area contributed by atoms with Crippen LogP contribution < -0.4 is 11.3 Å². The average molecular weight is 299 g/mol. The third kappa shape index (κ3) is 3.72. The Morgan fingerprint density at radius 3 is 2.65 bits per heavy atom. The Morgan fingerprint density at radius 2 is 2.05 bits per heavy atom. The smallest absolute Gasteiger partial charge is 0.142 e. The molecule has 0 aromatic heterocycles. The number of rotatable bonds is 5. The first-order valence-corrected chi connectivity index (χ1v) is 7.92. The Balaban J connectivity index is 2.00. The van der Waals surface area contributed by atoms with Crippen molar-refractivity contribution in [2.45, 2.75) is 51.5 Å². The van der Waals surface area contributed by atoms with Crippen LogP contribution in [0.2, 0.25) is 5.02 Å². The molecule has 1 unspecified atom stereocenters. The van der Waals surface area contributed by atoms with Gasteiger partial charge >= 0.3 is 0 Å². The van der Waals surface area contributed by atoms with Crippen molar-refractivity contribution in [1.29, 1.82) is 0 Å². The Labute approximate surface area is 125 Å². The molecular weight excluding hydrogens is 275 g/mol. The Kier molecular flexibility index (Phi) is 5.82. The first kappa shape index (κ1) is 15.7. The number of hydrazine groups is 1. The minimum absolute atomic E-state index is 0.173. The van der Waals surface area contributed by atoms with E-state index in [0.717, 1.165) is 11.5 Å². The molecule has 2 nitrogen and oxygen atoms in total. The second kappa shape index (κ2) is 7.39. The van der Waals surface area contributed by atoms with Crippen molar-refractivity contribution < 1.29 is 4.39 Å². The first-order valence-electron chi connectivity index (χ1n) is 7.54. The number of hydrogen-bond acceptors (Lipinski definition) is 2. The van der Waals surface area contributed by atoms with Crippen LogP contribution in [0.15, 0.2) is 18.2 Å². The molecule has 0 amide bonds. The van der Waals surface area contributed by atoms with E-state index in [0.29, 0.717) is 12.3 Å². The van der Waals surface area contributed by atoms with E-state index in [1.165, 1.54) is 38.2 Å². The summed E-state index contributed by atoms with van der Waals surface area (Å²) in [5.74, 6) is 6.79. The molecule has 1 fully saturated rings. The third-order valence-electron chi connectivity index (χ3n) is 4.72. The first-order chi connectivity index (χ1) is 9.65. The molecule has 0 saturated heterocycles. The fraction of sp³-hybridized carbons (Fsp3) is 0.625. The highest BCUT2D eigenvalue weighted by atomic mass is 35.5. The van der Waals surface area contributed by atoms with Gasteiger partial charge in [0.15, 0.2) is 0 Å². The number of nitrogens with two attached hydrogens (primary N) is 1. The fourth-order valence-electron chi connectivity index (χ4n) is 3.30. The molecule has 3 N–H and O–H groups in total. The van der Waals surface area contributed by atoms with E-state index in [2.05, 4.69) is 12.3 Å². The van der Waals surface area contributed by atoms with Crippen molar-refractivity contribution in [3.05, 3.63) is 34.6 Å². The van der Waals surface area contributed by atoms with E-state index in [4.69, 9.17) is 17.4 Å².